The van der Waals surface area contributed by atoms with Gasteiger partial charge < -0.3 is 4.90 Å². The van der Waals surface area contributed by atoms with E-state index in [1.165, 1.54) is 132 Å². The van der Waals surface area contributed by atoms with Gasteiger partial charge in [-0.25, -0.2) is 0 Å². The van der Waals surface area contributed by atoms with Gasteiger partial charge in [0.1, 0.15) is 0 Å². The SMILES string of the molecule is CC1(C)CCC(C)(C)c2cc(-c3cc4c(cc3N(c3ccc5c(c3)C(C)(C)c3ccccc3-5)c3cccc5c3CCCC5)C(c3ccccc3)(c3ccccc3)c3ccccc3-4)ccc21. The number of hydrogen-bond acceptors (Lipinski definition) is 1. The Balaban J connectivity index is 1.22. The van der Waals surface area contributed by atoms with E-state index in [4.69, 9.17) is 0 Å². The molecule has 0 saturated heterocycles. The van der Waals surface area contributed by atoms with E-state index in [0.717, 1.165) is 12.8 Å². The van der Waals surface area contributed by atoms with Gasteiger partial charge >= 0.3 is 0 Å². The van der Waals surface area contributed by atoms with Gasteiger partial charge in [0, 0.05) is 22.4 Å². The second-order valence-electron chi connectivity index (χ2n) is 21.3. The summed E-state index contributed by atoms with van der Waals surface area (Å²) >= 11 is 0. The Kier molecular flexibility index (Phi) is 8.97. The van der Waals surface area contributed by atoms with E-state index < -0.39 is 5.41 Å². The summed E-state index contributed by atoms with van der Waals surface area (Å²) in [6.45, 7) is 14.6. The molecule has 0 saturated carbocycles. The Morgan fingerprint density at radius 3 is 1.72 bits per heavy atom. The van der Waals surface area contributed by atoms with E-state index in [-0.39, 0.29) is 16.2 Å². The predicted octanol–water partition coefficient (Wildman–Crippen LogP) is 16.7. The standard InChI is InChI=1S/C64H59N/c1-61(2)36-37-62(3,4)58-38-43(32-35-55(58)61)51-40-52-49-28-16-18-30-54(49)64(44-22-9-7-10-23-44,45-24-11-8-12-25-45)57(52)41-60(51)65(59-31-19-21-42-20-13-14-26-47(42)59)46-33-34-50-48-27-15-17-29-53(48)63(5,6)56(50)39-46/h7-12,15-19,21-25,27-35,38-41H,13-14,20,26,36-37H2,1-6H3. The lowest BCUT2D eigenvalue weighted by Gasteiger charge is -2.42. The van der Waals surface area contributed by atoms with E-state index in [2.05, 4.69) is 222 Å². The summed E-state index contributed by atoms with van der Waals surface area (Å²) in [7, 11) is 0. The zero-order valence-corrected chi connectivity index (χ0v) is 38.9. The van der Waals surface area contributed by atoms with Crippen LogP contribution in [0.4, 0.5) is 17.1 Å². The Labute approximate surface area is 386 Å². The Morgan fingerprint density at radius 1 is 0.385 bits per heavy atom. The third kappa shape index (κ3) is 5.90. The molecule has 0 amide bonds. The molecular weight excluding hydrogens is 783 g/mol. The van der Waals surface area contributed by atoms with Crippen molar-refractivity contribution in [2.24, 2.45) is 0 Å². The Morgan fingerprint density at radius 2 is 1.00 bits per heavy atom. The molecule has 0 unspecified atom stereocenters. The highest BCUT2D eigenvalue weighted by molar-refractivity contribution is 5.98. The summed E-state index contributed by atoms with van der Waals surface area (Å²) in [6, 6.07) is 68.2. The fourth-order valence-corrected chi connectivity index (χ4v) is 12.9. The van der Waals surface area contributed by atoms with E-state index in [1.807, 2.05) is 0 Å². The summed E-state index contributed by atoms with van der Waals surface area (Å²) in [5.74, 6) is 0. The molecular formula is C64H59N. The maximum atomic E-state index is 2.69. The molecule has 4 aliphatic carbocycles. The highest BCUT2D eigenvalue weighted by atomic mass is 15.1. The second kappa shape index (κ2) is 14.5. The van der Waals surface area contributed by atoms with Gasteiger partial charge in [-0.2, -0.15) is 0 Å². The number of nitrogens with zero attached hydrogens (tertiary/aromatic N) is 1. The molecule has 0 fully saturated rings. The van der Waals surface area contributed by atoms with Crippen LogP contribution in [0.2, 0.25) is 0 Å². The summed E-state index contributed by atoms with van der Waals surface area (Å²) in [4.78, 5) is 2.69. The molecule has 0 atom stereocenters. The third-order valence-corrected chi connectivity index (χ3v) is 16.4. The monoisotopic (exact) mass is 841 g/mol. The number of fused-ring (bicyclic) bond motifs is 8. The zero-order valence-electron chi connectivity index (χ0n) is 38.9. The number of benzene rings is 8. The van der Waals surface area contributed by atoms with Gasteiger partial charge in [-0.3, -0.25) is 0 Å². The first-order valence-corrected chi connectivity index (χ1v) is 24.2. The molecule has 0 spiro atoms. The van der Waals surface area contributed by atoms with Gasteiger partial charge in [0.25, 0.3) is 0 Å². The quantitative estimate of drug-likeness (QED) is 0.161. The summed E-state index contributed by atoms with van der Waals surface area (Å²) in [6.07, 6.45) is 7.01. The van der Waals surface area contributed by atoms with Crippen molar-refractivity contribution >= 4 is 17.1 Å². The van der Waals surface area contributed by atoms with Gasteiger partial charge in [0.05, 0.1) is 11.1 Å². The van der Waals surface area contributed by atoms with Crippen LogP contribution in [-0.2, 0) is 34.5 Å². The van der Waals surface area contributed by atoms with Gasteiger partial charge in [-0.1, -0.05) is 187 Å². The average Bonchev–Trinajstić information content (AvgIpc) is 3.75. The molecule has 320 valence electrons. The lowest BCUT2D eigenvalue weighted by atomic mass is 9.63. The molecule has 0 aromatic heterocycles. The minimum absolute atomic E-state index is 0.0683. The lowest BCUT2D eigenvalue weighted by molar-refractivity contribution is 0.332. The Bertz CT molecular complexity index is 3140. The second-order valence-corrected chi connectivity index (χ2v) is 21.3. The lowest BCUT2D eigenvalue weighted by Crippen LogP contribution is -2.33. The first kappa shape index (κ1) is 40.1. The first-order chi connectivity index (χ1) is 31.5. The highest BCUT2D eigenvalue weighted by Gasteiger charge is 2.47. The average molecular weight is 842 g/mol. The molecule has 8 aromatic carbocycles. The molecule has 0 aliphatic heterocycles. The summed E-state index contributed by atoms with van der Waals surface area (Å²) in [5, 5.41) is 0. The fourth-order valence-electron chi connectivity index (χ4n) is 12.9. The maximum absolute atomic E-state index is 2.69. The van der Waals surface area contributed by atoms with Crippen molar-refractivity contribution in [2.75, 3.05) is 4.90 Å². The van der Waals surface area contributed by atoms with E-state index >= 15 is 0 Å². The van der Waals surface area contributed by atoms with Crippen LogP contribution in [0.5, 0.6) is 0 Å². The number of hydrogen-bond donors (Lipinski definition) is 0. The van der Waals surface area contributed by atoms with Gasteiger partial charge in [-0.15, -0.1) is 0 Å². The minimum Gasteiger partial charge on any atom is -0.310 e. The molecule has 4 aliphatic rings. The number of aryl methyl sites for hydroxylation is 1. The van der Waals surface area contributed by atoms with Gasteiger partial charge in [0.2, 0.25) is 0 Å². The van der Waals surface area contributed by atoms with Crippen LogP contribution in [0.1, 0.15) is 123 Å². The van der Waals surface area contributed by atoms with Crippen molar-refractivity contribution in [1.29, 1.82) is 0 Å². The summed E-state index contributed by atoms with van der Waals surface area (Å²) < 4.78 is 0. The van der Waals surface area contributed by atoms with Crippen LogP contribution in [0.25, 0.3) is 33.4 Å². The molecule has 0 N–H and O–H groups in total. The number of anilines is 3. The van der Waals surface area contributed by atoms with E-state index in [1.54, 1.807) is 0 Å². The molecule has 0 heterocycles. The smallest absolute Gasteiger partial charge is 0.0714 e. The van der Waals surface area contributed by atoms with Crippen molar-refractivity contribution in [1.82, 2.24) is 0 Å². The topological polar surface area (TPSA) is 3.24 Å². The number of rotatable bonds is 6. The first-order valence-electron chi connectivity index (χ1n) is 24.2. The van der Waals surface area contributed by atoms with Crippen molar-refractivity contribution in [3.63, 3.8) is 0 Å². The molecule has 1 heteroatoms. The molecule has 1 nitrogen and oxygen atoms in total. The van der Waals surface area contributed by atoms with E-state index in [0.29, 0.717) is 0 Å². The highest BCUT2D eigenvalue weighted by Crippen LogP contribution is 2.60. The van der Waals surface area contributed by atoms with Crippen molar-refractivity contribution in [3.8, 4) is 33.4 Å². The molecule has 8 aromatic rings. The fraction of sp³-hybridized carbons (Fsp3) is 0.250. The van der Waals surface area contributed by atoms with Crippen LogP contribution in [-0.4, -0.2) is 0 Å². The predicted molar refractivity (Wildman–Crippen MR) is 273 cm³/mol. The maximum Gasteiger partial charge on any atom is 0.0714 e. The normalized spacial score (nSPS) is 17.5. The van der Waals surface area contributed by atoms with Crippen LogP contribution in [0.15, 0.2) is 176 Å². The van der Waals surface area contributed by atoms with Crippen molar-refractivity contribution < 1.29 is 0 Å². The van der Waals surface area contributed by atoms with Crippen LogP contribution < -0.4 is 4.90 Å². The minimum atomic E-state index is -0.535. The van der Waals surface area contributed by atoms with Gasteiger partial charge in [0.15, 0.2) is 0 Å². The van der Waals surface area contributed by atoms with E-state index in [9.17, 15) is 0 Å². The Hall–Kier alpha value is -6.44. The summed E-state index contributed by atoms with van der Waals surface area (Å²) in [5.41, 5.74) is 25.1. The molecule has 65 heavy (non-hydrogen) atoms. The molecule has 12 rings (SSSR count). The van der Waals surface area contributed by atoms with Crippen LogP contribution in [0, 0.1) is 0 Å². The molecule has 0 bridgehead atoms. The third-order valence-electron chi connectivity index (χ3n) is 16.4. The van der Waals surface area contributed by atoms with Crippen molar-refractivity contribution in [3.05, 3.63) is 232 Å². The van der Waals surface area contributed by atoms with Gasteiger partial charge in [-0.05, 0) is 163 Å². The van der Waals surface area contributed by atoms with Crippen LogP contribution in [0.3, 0.4) is 0 Å². The molecule has 0 radical (unpaired) electrons. The zero-order chi connectivity index (χ0) is 44.3. The van der Waals surface area contributed by atoms with Crippen molar-refractivity contribution in [2.45, 2.75) is 102 Å². The van der Waals surface area contributed by atoms with Crippen LogP contribution >= 0.6 is 0 Å². The largest absolute Gasteiger partial charge is 0.310 e.